The van der Waals surface area contributed by atoms with Gasteiger partial charge < -0.3 is 14.0 Å². The van der Waals surface area contributed by atoms with Crippen LogP contribution in [0.5, 0.6) is 0 Å². The molecule has 4 heteroatoms. The van der Waals surface area contributed by atoms with E-state index in [2.05, 4.69) is 56.3 Å². The monoisotopic (exact) mass is 356 g/mol. The molecule has 0 amide bonds. The molecule has 1 fully saturated rings. The molecule has 0 radical (unpaired) electrons. The van der Waals surface area contributed by atoms with E-state index in [0.29, 0.717) is 19.1 Å². The average molecular weight is 357 g/mol. The summed E-state index contributed by atoms with van der Waals surface area (Å²) in [7, 11) is 0. The van der Waals surface area contributed by atoms with Gasteiger partial charge in [-0.25, -0.2) is 4.98 Å². The van der Waals surface area contributed by atoms with Gasteiger partial charge in [0.1, 0.15) is 0 Å². The fraction of sp³-hybridized carbons (Fsp3) is 0.591. The van der Waals surface area contributed by atoms with E-state index in [1.807, 2.05) is 18.7 Å². The van der Waals surface area contributed by atoms with Crippen LogP contribution in [-0.2, 0) is 22.4 Å². The molecule has 1 aliphatic heterocycles. The molecule has 0 aliphatic carbocycles. The Morgan fingerprint density at radius 1 is 1.23 bits per heavy atom. The summed E-state index contributed by atoms with van der Waals surface area (Å²) in [5.41, 5.74) is 5.45. The normalized spacial score (nSPS) is 23.1. The minimum Gasteiger partial charge on any atom is -0.345 e. The van der Waals surface area contributed by atoms with Gasteiger partial charge in [-0.05, 0) is 56.2 Å². The minimum absolute atomic E-state index is 0.179. The molecule has 0 bridgehead atoms. The van der Waals surface area contributed by atoms with Crippen LogP contribution in [0, 0.1) is 26.7 Å². The summed E-state index contributed by atoms with van der Waals surface area (Å²) in [5, 5.41) is 0. The van der Waals surface area contributed by atoms with Crippen LogP contribution in [0.3, 0.4) is 0 Å². The number of rotatable bonds is 7. The van der Waals surface area contributed by atoms with Crippen molar-refractivity contribution in [2.24, 2.45) is 5.92 Å². The highest BCUT2D eigenvalue weighted by molar-refractivity contribution is 5.37. The number of imidazole rings is 1. The van der Waals surface area contributed by atoms with E-state index in [-0.39, 0.29) is 6.10 Å². The Bertz CT molecular complexity index is 701. The summed E-state index contributed by atoms with van der Waals surface area (Å²) < 4.78 is 14.8. The lowest BCUT2D eigenvalue weighted by atomic mass is 9.94. The number of ether oxygens (including phenoxy) is 2. The van der Waals surface area contributed by atoms with Crippen molar-refractivity contribution in [1.82, 2.24) is 9.55 Å². The number of aromatic nitrogens is 2. The van der Waals surface area contributed by atoms with E-state index >= 15 is 0 Å². The van der Waals surface area contributed by atoms with Crippen molar-refractivity contribution in [3.8, 4) is 0 Å². The topological polar surface area (TPSA) is 36.3 Å². The zero-order chi connectivity index (χ0) is 18.7. The number of aryl methyl sites for hydroxylation is 3. The molecule has 3 rings (SSSR count). The molecule has 1 aliphatic rings. The molecule has 0 N–H and O–H groups in total. The van der Waals surface area contributed by atoms with Crippen molar-refractivity contribution in [3.05, 3.63) is 53.1 Å². The first-order valence-corrected chi connectivity index (χ1v) is 9.71. The molecule has 142 valence electrons. The lowest BCUT2D eigenvalue weighted by Gasteiger charge is -2.29. The Morgan fingerprint density at radius 2 is 1.96 bits per heavy atom. The fourth-order valence-corrected chi connectivity index (χ4v) is 4.13. The van der Waals surface area contributed by atoms with E-state index in [9.17, 15) is 0 Å². The Labute approximate surface area is 157 Å². The van der Waals surface area contributed by atoms with Gasteiger partial charge in [0.05, 0.1) is 25.6 Å². The van der Waals surface area contributed by atoms with Crippen molar-refractivity contribution in [1.29, 1.82) is 0 Å². The highest BCUT2D eigenvalue weighted by atomic mass is 16.7. The molecule has 0 saturated carbocycles. The first-order valence-electron chi connectivity index (χ1n) is 9.71. The third kappa shape index (κ3) is 4.54. The molecule has 4 nitrogen and oxygen atoms in total. The van der Waals surface area contributed by atoms with Crippen LogP contribution in [0.4, 0.5) is 0 Å². The van der Waals surface area contributed by atoms with Crippen molar-refractivity contribution in [2.45, 2.75) is 72.3 Å². The Balaban J connectivity index is 1.76. The van der Waals surface area contributed by atoms with Crippen LogP contribution >= 0.6 is 0 Å². The molecule has 1 saturated heterocycles. The summed E-state index contributed by atoms with van der Waals surface area (Å²) in [5.74, 6) is 0.0403. The van der Waals surface area contributed by atoms with Crippen molar-refractivity contribution >= 4 is 0 Å². The molecule has 2 atom stereocenters. The molecular weight excluding hydrogens is 324 g/mol. The molecular formula is C22H32N2O2. The molecule has 2 aromatic rings. The second-order valence-electron chi connectivity index (χ2n) is 8.20. The third-order valence-corrected chi connectivity index (χ3v) is 5.23. The zero-order valence-corrected chi connectivity index (χ0v) is 16.8. The van der Waals surface area contributed by atoms with Crippen LogP contribution in [-0.4, -0.2) is 28.0 Å². The number of hydrogen-bond acceptors (Lipinski definition) is 3. The molecule has 26 heavy (non-hydrogen) atoms. The molecule has 2 heterocycles. The van der Waals surface area contributed by atoms with Gasteiger partial charge >= 0.3 is 0 Å². The summed E-state index contributed by atoms with van der Waals surface area (Å²) in [6.45, 7) is 12.4. The van der Waals surface area contributed by atoms with Gasteiger partial charge in [-0.2, -0.15) is 0 Å². The third-order valence-electron chi connectivity index (χ3n) is 5.23. The number of nitrogens with zero attached hydrogens (tertiary/aromatic N) is 2. The van der Waals surface area contributed by atoms with Gasteiger partial charge in [0.15, 0.2) is 5.79 Å². The highest BCUT2D eigenvalue weighted by Crippen LogP contribution is 2.34. The quantitative estimate of drug-likeness (QED) is 0.727. The Morgan fingerprint density at radius 3 is 2.58 bits per heavy atom. The molecule has 1 aromatic carbocycles. The smallest absolute Gasteiger partial charge is 0.187 e. The second kappa shape index (κ2) is 7.93. The van der Waals surface area contributed by atoms with E-state index in [1.165, 1.54) is 22.3 Å². The maximum Gasteiger partial charge on any atom is 0.187 e. The lowest BCUT2D eigenvalue weighted by molar-refractivity contribution is -0.183. The number of benzene rings is 1. The van der Waals surface area contributed by atoms with Crippen LogP contribution in [0.1, 0.15) is 48.9 Å². The van der Waals surface area contributed by atoms with Gasteiger partial charge in [-0.1, -0.05) is 31.5 Å². The predicted octanol–water partition coefficient (Wildman–Crippen LogP) is 4.60. The van der Waals surface area contributed by atoms with Gasteiger partial charge in [0, 0.05) is 18.8 Å². The van der Waals surface area contributed by atoms with Gasteiger partial charge in [0.25, 0.3) is 0 Å². The van der Waals surface area contributed by atoms with Crippen LogP contribution in [0.2, 0.25) is 0 Å². The van der Waals surface area contributed by atoms with E-state index in [4.69, 9.17) is 9.47 Å². The first-order chi connectivity index (χ1) is 12.4. The largest absolute Gasteiger partial charge is 0.345 e. The average Bonchev–Trinajstić information content (AvgIpc) is 3.17. The molecule has 0 spiro atoms. The van der Waals surface area contributed by atoms with Crippen molar-refractivity contribution < 1.29 is 9.47 Å². The van der Waals surface area contributed by atoms with Crippen LogP contribution in [0.25, 0.3) is 0 Å². The maximum atomic E-state index is 6.49. The van der Waals surface area contributed by atoms with Crippen molar-refractivity contribution in [2.75, 3.05) is 6.61 Å². The zero-order valence-electron chi connectivity index (χ0n) is 16.8. The Hall–Kier alpha value is -1.65. The van der Waals surface area contributed by atoms with Crippen LogP contribution in [0.15, 0.2) is 30.9 Å². The lowest BCUT2D eigenvalue weighted by Crippen LogP contribution is -2.37. The van der Waals surface area contributed by atoms with Crippen LogP contribution < -0.4 is 0 Å². The maximum absolute atomic E-state index is 6.49. The van der Waals surface area contributed by atoms with E-state index in [1.54, 1.807) is 0 Å². The summed E-state index contributed by atoms with van der Waals surface area (Å²) in [6, 6.07) is 4.53. The second-order valence-corrected chi connectivity index (χ2v) is 8.20. The molecule has 1 aromatic heterocycles. The Kier molecular flexibility index (Phi) is 5.83. The van der Waals surface area contributed by atoms with Crippen molar-refractivity contribution in [3.63, 3.8) is 0 Å². The van der Waals surface area contributed by atoms with Gasteiger partial charge in [0.2, 0.25) is 0 Å². The summed E-state index contributed by atoms with van der Waals surface area (Å²) in [4.78, 5) is 4.17. The predicted molar refractivity (Wildman–Crippen MR) is 104 cm³/mol. The van der Waals surface area contributed by atoms with Gasteiger partial charge in [-0.3, -0.25) is 0 Å². The summed E-state index contributed by atoms with van der Waals surface area (Å²) in [6.07, 6.45) is 8.65. The summed E-state index contributed by atoms with van der Waals surface area (Å²) >= 11 is 0. The standard InChI is InChI=1S/C22H32N2O2/c1-16(2)10-20-13-25-22(26-20,14-24-9-8-23-15-24)7-6-21-18(4)11-17(3)12-19(21)5/h8-9,11-12,15-16,20H,6-7,10,13-14H2,1-5H3. The van der Waals surface area contributed by atoms with Gasteiger partial charge in [-0.15, -0.1) is 0 Å². The molecule has 2 unspecified atom stereocenters. The minimum atomic E-state index is -0.565. The highest BCUT2D eigenvalue weighted by Gasteiger charge is 2.41. The fourth-order valence-electron chi connectivity index (χ4n) is 4.13. The van der Waals surface area contributed by atoms with E-state index in [0.717, 1.165) is 19.3 Å². The SMILES string of the molecule is Cc1cc(C)c(CCC2(Cn3ccnc3)OCC(CC(C)C)O2)c(C)c1. The van der Waals surface area contributed by atoms with E-state index < -0.39 is 5.79 Å². The first kappa shape index (κ1) is 19.1. The number of hydrogen-bond donors (Lipinski definition) is 0.